The maximum Gasteiger partial charge on any atom is 0.264 e. The Morgan fingerprint density at radius 1 is 1.19 bits per heavy atom. The molecule has 6 nitrogen and oxygen atoms in total. The van der Waals surface area contributed by atoms with Crippen LogP contribution in [0.1, 0.15) is 69.4 Å². The molecule has 1 saturated carbocycles. The normalized spacial score (nSPS) is 20.0. The highest BCUT2D eigenvalue weighted by Gasteiger charge is 2.21. The number of hydrogen-bond donors (Lipinski definition) is 3. The van der Waals surface area contributed by atoms with Gasteiger partial charge in [0.1, 0.15) is 5.56 Å². The summed E-state index contributed by atoms with van der Waals surface area (Å²) in [7, 11) is 0. The number of quaternary nitrogens is 1. The Balaban J connectivity index is 1.64. The van der Waals surface area contributed by atoms with Gasteiger partial charge >= 0.3 is 0 Å². The highest BCUT2D eigenvalue weighted by molar-refractivity contribution is 7.71. The van der Waals surface area contributed by atoms with Gasteiger partial charge in [0.2, 0.25) is 5.88 Å². The molecule has 7 heteroatoms. The maximum atomic E-state index is 12.2. The van der Waals surface area contributed by atoms with Crippen LogP contribution in [0.3, 0.4) is 0 Å². The first-order valence-electron chi connectivity index (χ1n) is 10.1. The third-order valence-electron chi connectivity index (χ3n) is 5.69. The summed E-state index contributed by atoms with van der Waals surface area (Å²) in [5.41, 5.74) is -0.126. The van der Waals surface area contributed by atoms with Gasteiger partial charge in [0.05, 0.1) is 19.6 Å². The van der Waals surface area contributed by atoms with Crippen LogP contribution in [0.25, 0.3) is 0 Å². The predicted octanol–water partition coefficient (Wildman–Crippen LogP) is 1.99. The molecule has 0 radical (unpaired) electrons. The number of nitrogens with one attached hydrogen (secondary N) is 2. The first-order valence-corrected chi connectivity index (χ1v) is 10.5. The summed E-state index contributed by atoms with van der Waals surface area (Å²) in [6.07, 6.45) is 12.0. The molecule has 0 amide bonds. The Kier molecular flexibility index (Phi) is 7.02. The van der Waals surface area contributed by atoms with Crippen molar-refractivity contribution in [1.82, 2.24) is 9.55 Å². The highest BCUT2D eigenvalue weighted by atomic mass is 32.1. The van der Waals surface area contributed by atoms with E-state index in [0.29, 0.717) is 11.3 Å². The minimum atomic E-state index is -0.357. The van der Waals surface area contributed by atoms with Crippen molar-refractivity contribution in [1.29, 1.82) is 0 Å². The lowest BCUT2D eigenvalue weighted by Crippen LogP contribution is -3.12. The third-order valence-corrected chi connectivity index (χ3v) is 5.99. The molecule has 0 bridgehead atoms. The van der Waals surface area contributed by atoms with Crippen molar-refractivity contribution in [3.63, 3.8) is 0 Å². The predicted molar refractivity (Wildman–Crippen MR) is 106 cm³/mol. The minimum Gasteiger partial charge on any atom is -0.494 e. The summed E-state index contributed by atoms with van der Waals surface area (Å²) in [6.45, 7) is 4.35. The molecule has 0 unspecified atom stereocenters. The van der Waals surface area contributed by atoms with Crippen molar-refractivity contribution in [3.05, 3.63) is 20.7 Å². The molecule has 2 fully saturated rings. The summed E-state index contributed by atoms with van der Waals surface area (Å²) in [6, 6.07) is 0.169. The Bertz CT molecular complexity index is 728. The molecule has 144 valence electrons. The average Bonchev–Trinajstić information content (AvgIpc) is 2.65. The molecule has 1 aromatic heterocycles. The summed E-state index contributed by atoms with van der Waals surface area (Å²) >= 11 is 5.29. The van der Waals surface area contributed by atoms with Crippen molar-refractivity contribution in [2.45, 2.75) is 63.8 Å². The Morgan fingerprint density at radius 3 is 2.62 bits per heavy atom. The van der Waals surface area contributed by atoms with Crippen LogP contribution < -0.4 is 10.5 Å². The van der Waals surface area contributed by atoms with Gasteiger partial charge in [0, 0.05) is 25.2 Å². The van der Waals surface area contributed by atoms with Crippen molar-refractivity contribution in [2.75, 3.05) is 26.2 Å². The van der Waals surface area contributed by atoms with Crippen LogP contribution in [-0.2, 0) is 0 Å². The van der Waals surface area contributed by atoms with Gasteiger partial charge in [-0.15, -0.1) is 0 Å². The Morgan fingerprint density at radius 2 is 1.88 bits per heavy atom. The van der Waals surface area contributed by atoms with Crippen molar-refractivity contribution in [3.8, 4) is 5.88 Å². The van der Waals surface area contributed by atoms with E-state index in [-0.39, 0.29) is 23.0 Å². The van der Waals surface area contributed by atoms with E-state index in [1.54, 1.807) is 9.47 Å². The van der Waals surface area contributed by atoms with E-state index in [2.05, 4.69) is 9.98 Å². The fraction of sp³-hybridized carbons (Fsp3) is 0.737. The van der Waals surface area contributed by atoms with Crippen molar-refractivity contribution >= 4 is 18.4 Å². The van der Waals surface area contributed by atoms with Gasteiger partial charge in [-0.2, -0.15) is 0 Å². The number of H-pyrrole nitrogens is 1. The maximum absolute atomic E-state index is 12.2. The Labute approximate surface area is 160 Å². The molecule has 0 spiro atoms. The van der Waals surface area contributed by atoms with Gasteiger partial charge in [-0.25, -0.2) is 0 Å². The third kappa shape index (κ3) is 4.82. The van der Waals surface area contributed by atoms with E-state index in [0.717, 1.165) is 38.6 Å². The van der Waals surface area contributed by atoms with E-state index < -0.39 is 0 Å². The molecule has 1 aliphatic heterocycles. The molecule has 1 saturated heterocycles. The highest BCUT2D eigenvalue weighted by Crippen LogP contribution is 2.31. The quantitative estimate of drug-likeness (QED) is 0.402. The van der Waals surface area contributed by atoms with Crippen LogP contribution >= 0.6 is 12.2 Å². The molecule has 26 heavy (non-hydrogen) atoms. The average molecular weight is 380 g/mol. The summed E-state index contributed by atoms with van der Waals surface area (Å²) < 4.78 is 2.03. The van der Waals surface area contributed by atoms with Gasteiger partial charge in [0.15, 0.2) is 4.77 Å². The van der Waals surface area contributed by atoms with Crippen LogP contribution in [0.4, 0.5) is 0 Å². The van der Waals surface area contributed by atoms with Gasteiger partial charge in [0.25, 0.3) is 5.56 Å². The van der Waals surface area contributed by atoms with E-state index in [4.69, 9.17) is 12.2 Å². The zero-order chi connectivity index (χ0) is 18.4. The number of aromatic amines is 1. The van der Waals surface area contributed by atoms with Gasteiger partial charge in [-0.1, -0.05) is 19.3 Å². The van der Waals surface area contributed by atoms with E-state index in [9.17, 15) is 9.90 Å². The van der Waals surface area contributed by atoms with Gasteiger partial charge in [-0.3, -0.25) is 19.3 Å². The number of nitrogens with zero attached hydrogens (tertiary/aromatic N) is 2. The van der Waals surface area contributed by atoms with Crippen LogP contribution in [-0.4, -0.2) is 47.1 Å². The second kappa shape index (κ2) is 9.46. The molecule has 1 aromatic rings. The second-order valence-electron chi connectivity index (χ2n) is 7.61. The fourth-order valence-corrected chi connectivity index (χ4v) is 4.55. The standard InChI is InChI=1S/C19H30N4O2S/c24-17-16(14-20-10-7-13-22-11-5-2-6-12-22)18(25)23(19(26)21-17)15-8-3-1-4-9-15/h14-15,25H,1-13H2,(H,21,24,26)/p+1. The topological polar surface area (TPSA) is 74.8 Å². The molecule has 3 rings (SSSR count). The number of rotatable bonds is 6. The zero-order valence-corrected chi connectivity index (χ0v) is 16.3. The number of aromatic nitrogens is 2. The van der Waals surface area contributed by atoms with Crippen LogP contribution in [0.5, 0.6) is 5.88 Å². The number of aliphatic imine (C=N–C) groups is 1. The van der Waals surface area contributed by atoms with E-state index in [1.165, 1.54) is 45.0 Å². The largest absolute Gasteiger partial charge is 0.494 e. The molecule has 2 heterocycles. The van der Waals surface area contributed by atoms with E-state index in [1.807, 2.05) is 0 Å². The first-order chi connectivity index (χ1) is 12.7. The minimum absolute atomic E-state index is 0.0314. The number of likely N-dealkylation sites (tertiary alicyclic amines) is 1. The number of hydrogen-bond acceptors (Lipinski definition) is 4. The van der Waals surface area contributed by atoms with Crippen LogP contribution in [0, 0.1) is 4.77 Å². The first kappa shape index (κ1) is 19.3. The molecule has 1 aliphatic carbocycles. The van der Waals surface area contributed by atoms with Gasteiger partial charge < -0.3 is 10.0 Å². The van der Waals surface area contributed by atoms with E-state index >= 15 is 0 Å². The fourth-order valence-electron chi connectivity index (χ4n) is 4.22. The summed E-state index contributed by atoms with van der Waals surface area (Å²) in [5.74, 6) is -0.0314. The lowest BCUT2D eigenvalue weighted by atomic mass is 9.95. The number of aromatic hydroxyl groups is 1. The molecular formula is C19H31N4O2S+. The molecule has 2 aliphatic rings. The van der Waals surface area contributed by atoms with Gasteiger partial charge in [-0.05, 0) is 44.3 Å². The zero-order valence-electron chi connectivity index (χ0n) is 15.5. The van der Waals surface area contributed by atoms with Crippen molar-refractivity contribution in [2.24, 2.45) is 4.99 Å². The molecule has 0 atom stereocenters. The van der Waals surface area contributed by atoms with Crippen LogP contribution in [0.2, 0.25) is 0 Å². The molecule has 0 aromatic carbocycles. The SMILES string of the molecule is O=c1[nH]c(=S)n(C2CCCCC2)c(O)c1C=NCCC[NH+]1CCCCC1. The monoisotopic (exact) mass is 379 g/mol. The summed E-state index contributed by atoms with van der Waals surface area (Å²) in [5, 5.41) is 10.6. The van der Waals surface area contributed by atoms with Crippen molar-refractivity contribution < 1.29 is 10.0 Å². The lowest BCUT2D eigenvalue weighted by Gasteiger charge is -2.25. The lowest BCUT2D eigenvalue weighted by molar-refractivity contribution is -0.904. The molecule has 3 N–H and O–H groups in total. The van der Waals surface area contributed by atoms with Crippen LogP contribution in [0.15, 0.2) is 9.79 Å². The second-order valence-corrected chi connectivity index (χ2v) is 7.99. The smallest absolute Gasteiger partial charge is 0.264 e. The Hall–Kier alpha value is -1.47. The number of piperidine rings is 1. The summed E-state index contributed by atoms with van der Waals surface area (Å²) in [4.78, 5) is 21.0. The molecular weight excluding hydrogens is 348 g/mol.